The number of ether oxygens (including phenoxy) is 1. The second kappa shape index (κ2) is 6.84. The Bertz CT molecular complexity index is 875. The van der Waals surface area contributed by atoms with Gasteiger partial charge in [0.05, 0.1) is 5.69 Å². The minimum absolute atomic E-state index is 0.0249. The van der Waals surface area contributed by atoms with E-state index in [1.807, 2.05) is 12.1 Å². The van der Waals surface area contributed by atoms with E-state index in [-0.39, 0.29) is 11.0 Å². The summed E-state index contributed by atoms with van der Waals surface area (Å²) in [5.41, 5.74) is 2.87. The van der Waals surface area contributed by atoms with Crippen molar-refractivity contribution in [1.29, 1.82) is 0 Å². The lowest BCUT2D eigenvalue weighted by atomic mass is 9.76. The van der Waals surface area contributed by atoms with Gasteiger partial charge in [0.15, 0.2) is 0 Å². The zero-order chi connectivity index (χ0) is 18.3. The van der Waals surface area contributed by atoms with Crippen LogP contribution in [0.1, 0.15) is 43.4 Å². The van der Waals surface area contributed by atoms with E-state index in [0.717, 1.165) is 75.2 Å². The first-order chi connectivity index (χ1) is 13.3. The molecule has 0 amide bonds. The van der Waals surface area contributed by atoms with Crippen molar-refractivity contribution in [1.82, 2.24) is 19.9 Å². The lowest BCUT2D eigenvalue weighted by Gasteiger charge is -2.45. The van der Waals surface area contributed by atoms with E-state index in [2.05, 4.69) is 14.9 Å². The van der Waals surface area contributed by atoms with Crippen LogP contribution in [0.4, 0.5) is 0 Å². The third kappa shape index (κ3) is 3.01. The number of likely N-dealkylation sites (tertiary alicyclic amines) is 1. The van der Waals surface area contributed by atoms with Gasteiger partial charge in [-0.3, -0.25) is 14.7 Å². The first kappa shape index (κ1) is 17.1. The van der Waals surface area contributed by atoms with E-state index in [1.54, 1.807) is 12.4 Å². The van der Waals surface area contributed by atoms with E-state index in [9.17, 15) is 4.79 Å². The largest absolute Gasteiger partial charge is 0.381 e. The van der Waals surface area contributed by atoms with Crippen LogP contribution in [-0.2, 0) is 16.6 Å². The minimum Gasteiger partial charge on any atom is -0.381 e. The SMILES string of the molecule is O=c1[nH]c(-c2cccnc2)nc2c1CCC21CCCN(C2CCOCC2)C1. The number of aromatic amines is 1. The topological polar surface area (TPSA) is 71.1 Å². The van der Waals surface area contributed by atoms with E-state index in [4.69, 9.17) is 9.72 Å². The van der Waals surface area contributed by atoms with Crippen molar-refractivity contribution in [3.63, 3.8) is 0 Å². The maximum Gasteiger partial charge on any atom is 0.254 e. The van der Waals surface area contributed by atoms with Gasteiger partial charge in [0.1, 0.15) is 5.82 Å². The van der Waals surface area contributed by atoms with Gasteiger partial charge in [0, 0.05) is 54.7 Å². The molecule has 142 valence electrons. The number of aromatic nitrogens is 3. The van der Waals surface area contributed by atoms with E-state index >= 15 is 0 Å². The van der Waals surface area contributed by atoms with Crippen molar-refractivity contribution >= 4 is 0 Å². The normalized spacial score (nSPS) is 26.4. The fraction of sp³-hybridized carbons (Fsp3) is 0.571. The van der Waals surface area contributed by atoms with Crippen LogP contribution in [-0.4, -0.2) is 52.2 Å². The summed E-state index contributed by atoms with van der Waals surface area (Å²) < 4.78 is 5.55. The van der Waals surface area contributed by atoms with Crippen molar-refractivity contribution in [2.75, 3.05) is 26.3 Å². The van der Waals surface area contributed by atoms with Crippen LogP contribution in [0.3, 0.4) is 0 Å². The standard InChI is InChI=1S/C21H26N4O2/c26-20-17-4-8-21(7-2-10-25(14-21)16-5-11-27-12-6-16)18(17)23-19(24-20)15-3-1-9-22-13-15/h1,3,9,13,16H,2,4-8,10-12,14H2,(H,23,24,26). The third-order valence-corrected chi connectivity index (χ3v) is 6.62. The zero-order valence-corrected chi connectivity index (χ0v) is 15.6. The second-order valence-electron chi connectivity index (χ2n) is 8.18. The molecule has 3 aliphatic rings. The average molecular weight is 366 g/mol. The Morgan fingerprint density at radius 3 is 2.96 bits per heavy atom. The smallest absolute Gasteiger partial charge is 0.254 e. The molecule has 6 heteroatoms. The summed E-state index contributed by atoms with van der Waals surface area (Å²) in [5.74, 6) is 0.649. The van der Waals surface area contributed by atoms with Crippen LogP contribution in [0, 0.1) is 0 Å². The van der Waals surface area contributed by atoms with Gasteiger partial charge < -0.3 is 9.72 Å². The maximum atomic E-state index is 12.8. The molecule has 1 N–H and O–H groups in total. The molecule has 1 aliphatic carbocycles. The maximum absolute atomic E-state index is 12.8. The molecule has 1 atom stereocenters. The Morgan fingerprint density at radius 1 is 1.26 bits per heavy atom. The third-order valence-electron chi connectivity index (χ3n) is 6.62. The number of hydrogen-bond acceptors (Lipinski definition) is 5. The molecule has 2 aromatic rings. The zero-order valence-electron chi connectivity index (χ0n) is 15.6. The van der Waals surface area contributed by atoms with E-state index < -0.39 is 0 Å². The lowest BCUT2D eigenvalue weighted by Crippen LogP contribution is -2.51. The molecule has 2 saturated heterocycles. The van der Waals surface area contributed by atoms with Crippen molar-refractivity contribution in [2.45, 2.75) is 50.0 Å². The first-order valence-electron chi connectivity index (χ1n) is 10.1. The quantitative estimate of drug-likeness (QED) is 0.883. The number of piperidine rings is 1. The number of fused-ring (bicyclic) bond motifs is 2. The molecule has 1 unspecified atom stereocenters. The molecular weight excluding hydrogens is 340 g/mol. The summed E-state index contributed by atoms with van der Waals surface area (Å²) in [6, 6.07) is 4.44. The Morgan fingerprint density at radius 2 is 2.15 bits per heavy atom. The van der Waals surface area contributed by atoms with Gasteiger partial charge >= 0.3 is 0 Å². The monoisotopic (exact) mass is 366 g/mol. The van der Waals surface area contributed by atoms with Crippen LogP contribution in [0.2, 0.25) is 0 Å². The Hall–Kier alpha value is -2.05. The molecule has 0 radical (unpaired) electrons. The molecule has 2 fully saturated rings. The van der Waals surface area contributed by atoms with Gasteiger partial charge in [0.2, 0.25) is 0 Å². The molecule has 6 nitrogen and oxygen atoms in total. The number of hydrogen-bond donors (Lipinski definition) is 1. The fourth-order valence-corrected chi connectivity index (χ4v) is 5.22. The van der Waals surface area contributed by atoms with Gasteiger partial charge in [-0.2, -0.15) is 0 Å². The van der Waals surface area contributed by atoms with Crippen LogP contribution >= 0.6 is 0 Å². The second-order valence-corrected chi connectivity index (χ2v) is 8.18. The summed E-state index contributed by atoms with van der Waals surface area (Å²) >= 11 is 0. The summed E-state index contributed by atoms with van der Waals surface area (Å²) in [6.07, 6.45) is 9.92. The molecule has 2 aliphatic heterocycles. The summed E-state index contributed by atoms with van der Waals surface area (Å²) in [6.45, 7) is 3.91. The summed E-state index contributed by atoms with van der Waals surface area (Å²) in [5, 5.41) is 0. The van der Waals surface area contributed by atoms with Gasteiger partial charge in [-0.25, -0.2) is 4.98 Å². The summed E-state index contributed by atoms with van der Waals surface area (Å²) in [7, 11) is 0. The molecule has 4 heterocycles. The lowest BCUT2D eigenvalue weighted by molar-refractivity contribution is 0.0114. The molecule has 2 aromatic heterocycles. The van der Waals surface area contributed by atoms with Crippen molar-refractivity contribution < 1.29 is 4.74 Å². The van der Waals surface area contributed by atoms with Crippen molar-refractivity contribution in [3.05, 3.63) is 46.1 Å². The fourth-order valence-electron chi connectivity index (χ4n) is 5.22. The van der Waals surface area contributed by atoms with Gasteiger partial charge in [-0.1, -0.05) is 0 Å². The van der Waals surface area contributed by atoms with E-state index in [0.29, 0.717) is 11.9 Å². The van der Waals surface area contributed by atoms with Crippen LogP contribution in [0.5, 0.6) is 0 Å². The Kier molecular flexibility index (Phi) is 4.32. The van der Waals surface area contributed by atoms with Crippen LogP contribution in [0.15, 0.2) is 29.3 Å². The summed E-state index contributed by atoms with van der Waals surface area (Å²) in [4.78, 5) is 27.6. The molecule has 5 rings (SSSR count). The molecule has 27 heavy (non-hydrogen) atoms. The van der Waals surface area contributed by atoms with Gasteiger partial charge in [0.25, 0.3) is 5.56 Å². The predicted octanol–water partition coefficient (Wildman–Crippen LogP) is 2.29. The highest BCUT2D eigenvalue weighted by molar-refractivity contribution is 5.54. The molecule has 1 spiro atoms. The van der Waals surface area contributed by atoms with Crippen molar-refractivity contribution in [3.8, 4) is 11.4 Å². The molecule has 0 aromatic carbocycles. The van der Waals surface area contributed by atoms with Crippen molar-refractivity contribution in [2.24, 2.45) is 0 Å². The highest BCUT2D eigenvalue weighted by atomic mass is 16.5. The average Bonchev–Trinajstić information content (AvgIpc) is 3.07. The number of nitrogens with zero attached hydrogens (tertiary/aromatic N) is 3. The molecule has 0 bridgehead atoms. The number of nitrogens with one attached hydrogen (secondary N) is 1. The minimum atomic E-state index is 0.0249. The highest BCUT2D eigenvalue weighted by Crippen LogP contribution is 2.44. The number of H-pyrrole nitrogens is 1. The molecular formula is C21H26N4O2. The van der Waals surface area contributed by atoms with E-state index in [1.165, 1.54) is 6.42 Å². The Balaban J connectivity index is 1.51. The predicted molar refractivity (Wildman–Crippen MR) is 103 cm³/mol. The first-order valence-corrected chi connectivity index (χ1v) is 10.1. The Labute approximate surface area is 159 Å². The number of rotatable bonds is 2. The van der Waals surface area contributed by atoms with Gasteiger partial charge in [-0.15, -0.1) is 0 Å². The van der Waals surface area contributed by atoms with Crippen LogP contribution in [0.25, 0.3) is 11.4 Å². The molecule has 0 saturated carbocycles. The van der Waals surface area contributed by atoms with Crippen LogP contribution < -0.4 is 5.56 Å². The van der Waals surface area contributed by atoms with Gasteiger partial charge in [-0.05, 0) is 57.2 Å². The highest BCUT2D eigenvalue weighted by Gasteiger charge is 2.45. The number of pyridine rings is 1.